The highest BCUT2D eigenvalue weighted by Crippen LogP contribution is 2.34. The number of carboxylic acid groups (broad SMARTS) is 1. The van der Waals surface area contributed by atoms with Crippen LogP contribution >= 0.6 is 0 Å². The van der Waals surface area contributed by atoms with E-state index in [2.05, 4.69) is 6.07 Å². The van der Waals surface area contributed by atoms with Gasteiger partial charge in [0.2, 0.25) is 5.91 Å². The second kappa shape index (κ2) is 11.3. The number of aliphatic carboxylic acids is 1. The summed E-state index contributed by atoms with van der Waals surface area (Å²) in [5, 5.41) is 9.22. The number of nitrogens with zero attached hydrogens (tertiary/aromatic N) is 1. The Morgan fingerprint density at radius 2 is 1.70 bits per heavy atom. The Labute approximate surface area is 195 Å². The van der Waals surface area contributed by atoms with Crippen molar-refractivity contribution in [1.29, 1.82) is 0 Å². The molecule has 0 fully saturated rings. The van der Waals surface area contributed by atoms with Crippen molar-refractivity contribution < 1.29 is 19.4 Å². The van der Waals surface area contributed by atoms with Gasteiger partial charge in [-0.1, -0.05) is 60.2 Å². The smallest absolute Gasteiger partial charge is 0.307 e. The van der Waals surface area contributed by atoms with Gasteiger partial charge in [-0.05, 0) is 54.7 Å². The number of carbonyl (C=O) groups excluding carboxylic acids is 1. The molecule has 0 heterocycles. The average molecular weight is 446 g/mol. The highest BCUT2D eigenvalue weighted by molar-refractivity contribution is 5.79. The van der Waals surface area contributed by atoms with Crippen LogP contribution in [0.1, 0.15) is 35.6 Å². The largest absolute Gasteiger partial charge is 0.496 e. The fourth-order valence-corrected chi connectivity index (χ4v) is 4.00. The van der Waals surface area contributed by atoms with Gasteiger partial charge in [0, 0.05) is 25.1 Å². The van der Waals surface area contributed by atoms with E-state index in [9.17, 15) is 14.7 Å². The number of benzene rings is 3. The number of carbonyl (C=O) groups is 2. The molecule has 0 atom stereocenters. The number of amides is 1. The SMILES string of the molecule is CCN(Cc1cc(C)ccc1-c1cc(CC(=O)O)ccc1OC)C(=O)CCc1ccccc1. The summed E-state index contributed by atoms with van der Waals surface area (Å²) < 4.78 is 5.58. The molecule has 5 heteroatoms. The van der Waals surface area contributed by atoms with Gasteiger partial charge in [0.1, 0.15) is 5.75 Å². The number of hydrogen-bond acceptors (Lipinski definition) is 3. The Morgan fingerprint density at radius 3 is 2.36 bits per heavy atom. The summed E-state index contributed by atoms with van der Waals surface area (Å²) >= 11 is 0. The van der Waals surface area contributed by atoms with Crippen LogP contribution in [0.25, 0.3) is 11.1 Å². The van der Waals surface area contributed by atoms with E-state index < -0.39 is 5.97 Å². The van der Waals surface area contributed by atoms with Crippen LogP contribution in [0, 0.1) is 6.92 Å². The zero-order chi connectivity index (χ0) is 23.8. The summed E-state index contributed by atoms with van der Waals surface area (Å²) in [6, 6.07) is 21.6. The zero-order valence-corrected chi connectivity index (χ0v) is 19.5. The zero-order valence-electron chi connectivity index (χ0n) is 19.5. The van der Waals surface area contributed by atoms with Crippen LogP contribution in [0.15, 0.2) is 66.7 Å². The highest BCUT2D eigenvalue weighted by Gasteiger charge is 2.18. The maximum Gasteiger partial charge on any atom is 0.307 e. The molecule has 0 saturated carbocycles. The molecule has 0 aliphatic carbocycles. The molecule has 0 radical (unpaired) electrons. The minimum absolute atomic E-state index is 0.0583. The first kappa shape index (κ1) is 24.1. The van der Waals surface area contributed by atoms with Crippen molar-refractivity contribution in [2.45, 2.75) is 39.7 Å². The van der Waals surface area contributed by atoms with Gasteiger partial charge >= 0.3 is 5.97 Å². The van der Waals surface area contributed by atoms with E-state index in [1.165, 1.54) is 0 Å². The van der Waals surface area contributed by atoms with Crippen molar-refractivity contribution in [2.75, 3.05) is 13.7 Å². The Morgan fingerprint density at radius 1 is 0.939 bits per heavy atom. The van der Waals surface area contributed by atoms with Gasteiger partial charge in [0.15, 0.2) is 0 Å². The maximum absolute atomic E-state index is 13.0. The van der Waals surface area contributed by atoms with E-state index >= 15 is 0 Å². The van der Waals surface area contributed by atoms with Gasteiger partial charge in [0.05, 0.1) is 13.5 Å². The lowest BCUT2D eigenvalue weighted by atomic mass is 9.94. The van der Waals surface area contributed by atoms with E-state index in [1.807, 2.05) is 67.3 Å². The van der Waals surface area contributed by atoms with Crippen molar-refractivity contribution in [1.82, 2.24) is 4.90 Å². The monoisotopic (exact) mass is 445 g/mol. The summed E-state index contributed by atoms with van der Waals surface area (Å²) in [6.45, 7) is 5.10. The Balaban J connectivity index is 1.89. The molecule has 3 aromatic rings. The molecule has 172 valence electrons. The number of carboxylic acids is 1. The quantitative estimate of drug-likeness (QED) is 0.461. The van der Waals surface area contributed by atoms with Gasteiger partial charge in [0.25, 0.3) is 0 Å². The molecule has 33 heavy (non-hydrogen) atoms. The summed E-state index contributed by atoms with van der Waals surface area (Å²) in [4.78, 5) is 26.1. The maximum atomic E-state index is 13.0. The molecule has 0 aliphatic rings. The Hall–Kier alpha value is -3.60. The van der Waals surface area contributed by atoms with Gasteiger partial charge in [-0.3, -0.25) is 9.59 Å². The molecule has 0 spiro atoms. The second-order valence-electron chi connectivity index (χ2n) is 8.16. The summed E-state index contributed by atoms with van der Waals surface area (Å²) in [6.07, 6.45) is 1.11. The normalized spacial score (nSPS) is 10.6. The van der Waals surface area contributed by atoms with E-state index in [0.29, 0.717) is 37.2 Å². The highest BCUT2D eigenvalue weighted by atomic mass is 16.5. The molecule has 3 aromatic carbocycles. The average Bonchev–Trinajstić information content (AvgIpc) is 2.81. The molecule has 1 N–H and O–H groups in total. The van der Waals surface area contributed by atoms with Crippen molar-refractivity contribution >= 4 is 11.9 Å². The second-order valence-corrected chi connectivity index (χ2v) is 8.16. The van der Waals surface area contributed by atoms with Crippen LogP contribution in [0.3, 0.4) is 0 Å². The first-order valence-corrected chi connectivity index (χ1v) is 11.2. The van der Waals surface area contributed by atoms with Crippen LogP contribution in [-0.4, -0.2) is 35.5 Å². The summed E-state index contributed by atoms with van der Waals surface area (Å²) in [7, 11) is 1.61. The number of rotatable bonds is 10. The lowest BCUT2D eigenvalue weighted by Gasteiger charge is -2.24. The molecule has 3 rings (SSSR count). The molecular weight excluding hydrogens is 414 g/mol. The fraction of sp³-hybridized carbons (Fsp3) is 0.286. The van der Waals surface area contributed by atoms with Crippen LogP contribution < -0.4 is 4.74 Å². The first-order valence-electron chi connectivity index (χ1n) is 11.2. The lowest BCUT2D eigenvalue weighted by Crippen LogP contribution is -2.30. The van der Waals surface area contributed by atoms with Crippen LogP contribution in [0.2, 0.25) is 0 Å². The lowest BCUT2D eigenvalue weighted by molar-refractivity contribution is -0.136. The molecule has 0 bridgehead atoms. The topological polar surface area (TPSA) is 66.8 Å². The van der Waals surface area contributed by atoms with E-state index in [0.717, 1.165) is 27.8 Å². The van der Waals surface area contributed by atoms with Gasteiger partial charge in [-0.25, -0.2) is 0 Å². The van der Waals surface area contributed by atoms with Crippen molar-refractivity contribution in [3.63, 3.8) is 0 Å². The molecular formula is C28H31NO4. The van der Waals surface area contributed by atoms with Gasteiger partial charge in [-0.15, -0.1) is 0 Å². The molecule has 0 saturated heterocycles. The molecule has 1 amide bonds. The predicted octanol–water partition coefficient (Wildman–Crippen LogP) is 5.28. The Kier molecular flexibility index (Phi) is 8.25. The summed E-state index contributed by atoms with van der Waals surface area (Å²) in [5.74, 6) is -0.0930. The molecule has 0 unspecified atom stereocenters. The minimum atomic E-state index is -0.878. The fourth-order valence-electron chi connectivity index (χ4n) is 4.00. The standard InChI is InChI=1S/C28H31NO4/c1-4-29(27(30)15-12-21-8-6-5-7-9-21)19-23-16-20(2)10-13-24(23)25-17-22(18-28(31)32)11-14-26(25)33-3/h5-11,13-14,16-17H,4,12,15,18-19H2,1-3H3,(H,31,32). The number of methoxy groups -OCH3 is 1. The number of hydrogen-bond donors (Lipinski definition) is 1. The van der Waals surface area contributed by atoms with E-state index in [4.69, 9.17) is 4.74 Å². The number of ether oxygens (including phenoxy) is 1. The molecule has 0 aliphatic heterocycles. The van der Waals surface area contributed by atoms with E-state index in [-0.39, 0.29) is 12.3 Å². The van der Waals surface area contributed by atoms with Crippen LogP contribution in [0.5, 0.6) is 5.75 Å². The predicted molar refractivity (Wildman–Crippen MR) is 130 cm³/mol. The Bertz CT molecular complexity index is 1110. The third-order valence-corrected chi connectivity index (χ3v) is 5.74. The van der Waals surface area contributed by atoms with Gasteiger partial charge in [-0.2, -0.15) is 0 Å². The third-order valence-electron chi connectivity index (χ3n) is 5.74. The van der Waals surface area contributed by atoms with Gasteiger partial charge < -0.3 is 14.7 Å². The van der Waals surface area contributed by atoms with Crippen molar-refractivity contribution in [2.24, 2.45) is 0 Å². The third kappa shape index (κ3) is 6.45. The molecule has 5 nitrogen and oxygen atoms in total. The summed E-state index contributed by atoms with van der Waals surface area (Å²) in [5.41, 5.74) is 5.74. The van der Waals surface area contributed by atoms with Crippen LogP contribution in [0.4, 0.5) is 0 Å². The van der Waals surface area contributed by atoms with E-state index in [1.54, 1.807) is 19.2 Å². The number of aryl methyl sites for hydroxylation is 2. The molecule has 0 aromatic heterocycles. The van der Waals surface area contributed by atoms with Crippen LogP contribution in [-0.2, 0) is 29.0 Å². The minimum Gasteiger partial charge on any atom is -0.496 e. The first-order chi connectivity index (χ1) is 15.9. The van der Waals surface area contributed by atoms with Crippen molar-refractivity contribution in [3.8, 4) is 16.9 Å². The van der Waals surface area contributed by atoms with Crippen molar-refractivity contribution in [3.05, 3.63) is 89.0 Å².